The van der Waals surface area contributed by atoms with Crippen LogP contribution in [0.4, 0.5) is 0 Å². The Bertz CT molecular complexity index is 506. The molecule has 0 saturated carbocycles. The molecule has 0 unspecified atom stereocenters. The first-order valence-corrected chi connectivity index (χ1v) is 9.01. The average molecular weight is 369 g/mol. The lowest BCUT2D eigenvalue weighted by molar-refractivity contribution is -0.0945. The number of hydrogen-bond acceptors (Lipinski definition) is 3. The molecule has 2 heterocycles. The molecular formula is C18H25BrO3. The lowest BCUT2D eigenvalue weighted by Crippen LogP contribution is -2.45. The largest absolute Gasteiger partial charge is 0.491 e. The summed E-state index contributed by atoms with van der Waals surface area (Å²) in [5.74, 6) is 1.37. The second kappa shape index (κ2) is 6.14. The Balaban J connectivity index is 1.52. The molecule has 1 aromatic rings. The highest BCUT2D eigenvalue weighted by Gasteiger charge is 2.65. The third-order valence-electron chi connectivity index (χ3n) is 5.12. The smallest absolute Gasteiger partial charge is 0.119 e. The number of alkyl halides is 1. The Morgan fingerprint density at radius 3 is 2.59 bits per heavy atom. The minimum absolute atomic E-state index is 0.0836. The Hall–Kier alpha value is -0.580. The minimum atomic E-state index is -0.175. The van der Waals surface area contributed by atoms with Crippen molar-refractivity contribution in [2.24, 2.45) is 5.92 Å². The molecule has 0 amide bonds. The van der Waals surface area contributed by atoms with Crippen LogP contribution in [0.3, 0.4) is 0 Å². The standard InChI is InChI=1S/C18H25BrO3/c1-13(2)18-12-16(17(3,22-18)11-15(18)19)21-10-9-20-14-7-5-4-6-8-14/h4-8,13,15-16H,9-12H2,1-3H3/t15-,16+,17-,18+/m0/s1. The molecule has 3 rings (SSSR count). The molecule has 4 atom stereocenters. The van der Waals surface area contributed by atoms with Crippen molar-refractivity contribution in [2.75, 3.05) is 13.2 Å². The van der Waals surface area contributed by atoms with Crippen molar-refractivity contribution in [1.82, 2.24) is 0 Å². The topological polar surface area (TPSA) is 27.7 Å². The predicted molar refractivity (Wildman–Crippen MR) is 90.7 cm³/mol. The van der Waals surface area contributed by atoms with Crippen LogP contribution in [0.25, 0.3) is 0 Å². The van der Waals surface area contributed by atoms with Crippen molar-refractivity contribution in [3.63, 3.8) is 0 Å². The van der Waals surface area contributed by atoms with Crippen LogP contribution in [0.15, 0.2) is 30.3 Å². The summed E-state index contributed by atoms with van der Waals surface area (Å²) in [5.41, 5.74) is -0.259. The number of hydrogen-bond donors (Lipinski definition) is 0. The highest BCUT2D eigenvalue weighted by Crippen LogP contribution is 2.57. The van der Waals surface area contributed by atoms with Gasteiger partial charge in [0.2, 0.25) is 0 Å². The lowest BCUT2D eigenvalue weighted by Gasteiger charge is -2.35. The minimum Gasteiger partial charge on any atom is -0.491 e. The van der Waals surface area contributed by atoms with Gasteiger partial charge in [-0.15, -0.1) is 0 Å². The van der Waals surface area contributed by atoms with Crippen LogP contribution in [0, 0.1) is 5.92 Å². The summed E-state index contributed by atoms with van der Waals surface area (Å²) >= 11 is 3.82. The van der Waals surface area contributed by atoms with Gasteiger partial charge in [-0.3, -0.25) is 0 Å². The molecule has 3 nitrogen and oxygen atoms in total. The van der Waals surface area contributed by atoms with Crippen LogP contribution < -0.4 is 4.74 Å². The van der Waals surface area contributed by atoms with Gasteiger partial charge in [-0.05, 0) is 31.4 Å². The number of rotatable bonds is 6. The summed E-state index contributed by atoms with van der Waals surface area (Å²) in [6, 6.07) is 9.86. The molecule has 1 aromatic carbocycles. The van der Waals surface area contributed by atoms with E-state index in [4.69, 9.17) is 14.2 Å². The Labute approximate surface area is 141 Å². The molecule has 0 N–H and O–H groups in total. The monoisotopic (exact) mass is 368 g/mol. The maximum atomic E-state index is 6.44. The molecular weight excluding hydrogens is 344 g/mol. The van der Waals surface area contributed by atoms with Crippen LogP contribution in [-0.4, -0.2) is 35.3 Å². The Kier molecular flexibility index (Phi) is 4.54. The molecule has 2 aliphatic rings. The van der Waals surface area contributed by atoms with E-state index in [0.29, 0.717) is 24.0 Å². The number of ether oxygens (including phenoxy) is 3. The van der Waals surface area contributed by atoms with Crippen molar-refractivity contribution >= 4 is 15.9 Å². The van der Waals surface area contributed by atoms with Gasteiger partial charge in [-0.25, -0.2) is 0 Å². The molecule has 2 bridgehead atoms. The maximum absolute atomic E-state index is 6.44. The Morgan fingerprint density at radius 1 is 1.23 bits per heavy atom. The normalized spacial score (nSPS) is 37.0. The van der Waals surface area contributed by atoms with E-state index in [1.807, 2.05) is 30.3 Å². The average Bonchev–Trinajstić information content (AvgIpc) is 2.93. The molecule has 122 valence electrons. The zero-order chi connectivity index (χ0) is 15.8. The van der Waals surface area contributed by atoms with Crippen molar-refractivity contribution in [3.05, 3.63) is 30.3 Å². The first-order chi connectivity index (χ1) is 10.5. The summed E-state index contributed by atoms with van der Waals surface area (Å²) < 4.78 is 18.2. The summed E-state index contributed by atoms with van der Waals surface area (Å²) in [6.07, 6.45) is 2.13. The molecule has 2 saturated heterocycles. The van der Waals surface area contributed by atoms with Gasteiger partial charge in [0, 0.05) is 11.2 Å². The van der Waals surface area contributed by atoms with E-state index in [1.54, 1.807) is 0 Å². The van der Waals surface area contributed by atoms with Crippen LogP contribution in [0.1, 0.15) is 33.6 Å². The van der Waals surface area contributed by atoms with Crippen molar-refractivity contribution in [3.8, 4) is 5.75 Å². The lowest BCUT2D eigenvalue weighted by atomic mass is 9.75. The van der Waals surface area contributed by atoms with E-state index in [1.165, 1.54) is 0 Å². The van der Waals surface area contributed by atoms with Gasteiger partial charge >= 0.3 is 0 Å². The van der Waals surface area contributed by atoms with Gasteiger partial charge in [0.1, 0.15) is 12.4 Å². The number of para-hydroxylation sites is 1. The van der Waals surface area contributed by atoms with Crippen LogP contribution in [0.2, 0.25) is 0 Å². The second-order valence-electron chi connectivity index (χ2n) is 6.92. The van der Waals surface area contributed by atoms with Crippen molar-refractivity contribution in [1.29, 1.82) is 0 Å². The van der Waals surface area contributed by atoms with Gasteiger partial charge in [0.15, 0.2) is 0 Å². The van der Waals surface area contributed by atoms with Crippen LogP contribution >= 0.6 is 15.9 Å². The van der Waals surface area contributed by atoms with Gasteiger partial charge in [0.25, 0.3) is 0 Å². The molecule has 2 aliphatic heterocycles. The zero-order valence-electron chi connectivity index (χ0n) is 13.5. The van der Waals surface area contributed by atoms with Crippen molar-refractivity contribution < 1.29 is 14.2 Å². The SMILES string of the molecule is CC(C)[C@]12C[C@@H](OCCOc3ccccc3)[C@](C)(C[C@@H]1Br)O2. The Morgan fingerprint density at radius 2 is 1.95 bits per heavy atom. The van der Waals surface area contributed by atoms with Gasteiger partial charge < -0.3 is 14.2 Å². The number of halogens is 1. The molecule has 0 spiro atoms. The van der Waals surface area contributed by atoms with E-state index >= 15 is 0 Å². The molecule has 4 heteroatoms. The van der Waals surface area contributed by atoms with Crippen molar-refractivity contribution in [2.45, 2.75) is 55.7 Å². The zero-order valence-corrected chi connectivity index (χ0v) is 15.1. The van der Waals surface area contributed by atoms with E-state index in [9.17, 15) is 0 Å². The molecule has 2 fully saturated rings. The van der Waals surface area contributed by atoms with E-state index in [0.717, 1.165) is 18.6 Å². The van der Waals surface area contributed by atoms with E-state index in [2.05, 4.69) is 36.7 Å². The first-order valence-electron chi connectivity index (χ1n) is 8.10. The van der Waals surface area contributed by atoms with Crippen LogP contribution in [0.5, 0.6) is 5.75 Å². The second-order valence-corrected chi connectivity index (χ2v) is 8.03. The maximum Gasteiger partial charge on any atom is 0.119 e. The predicted octanol–water partition coefficient (Wildman–Crippen LogP) is 4.19. The summed E-state index contributed by atoms with van der Waals surface area (Å²) in [5, 5.41) is 0. The highest BCUT2D eigenvalue weighted by atomic mass is 79.9. The highest BCUT2D eigenvalue weighted by molar-refractivity contribution is 9.09. The first kappa shape index (κ1) is 16.3. The third kappa shape index (κ3) is 2.81. The quantitative estimate of drug-likeness (QED) is 0.556. The van der Waals surface area contributed by atoms with E-state index < -0.39 is 0 Å². The summed E-state index contributed by atoms with van der Waals surface area (Å²) in [7, 11) is 0. The summed E-state index contributed by atoms with van der Waals surface area (Å²) in [6.45, 7) is 7.82. The van der Waals surface area contributed by atoms with Gasteiger partial charge in [-0.2, -0.15) is 0 Å². The summed E-state index contributed by atoms with van der Waals surface area (Å²) in [4.78, 5) is 0.422. The third-order valence-corrected chi connectivity index (χ3v) is 6.21. The van der Waals surface area contributed by atoms with Gasteiger partial charge in [-0.1, -0.05) is 48.0 Å². The molecule has 0 aliphatic carbocycles. The van der Waals surface area contributed by atoms with Gasteiger partial charge in [0.05, 0.1) is 23.9 Å². The van der Waals surface area contributed by atoms with E-state index in [-0.39, 0.29) is 17.3 Å². The number of benzene rings is 1. The fourth-order valence-electron chi connectivity index (χ4n) is 3.76. The molecule has 0 aromatic heterocycles. The molecule has 22 heavy (non-hydrogen) atoms. The molecule has 0 radical (unpaired) electrons. The fraction of sp³-hybridized carbons (Fsp3) is 0.667. The van der Waals surface area contributed by atoms with Crippen LogP contribution in [-0.2, 0) is 9.47 Å². The number of fused-ring (bicyclic) bond motifs is 2. The fourth-order valence-corrected chi connectivity index (χ4v) is 5.21.